The van der Waals surface area contributed by atoms with Crippen molar-refractivity contribution in [1.82, 2.24) is 4.90 Å². The van der Waals surface area contributed by atoms with Gasteiger partial charge in [-0.25, -0.2) is 0 Å². The molecule has 0 bridgehead atoms. The molecule has 0 radical (unpaired) electrons. The number of carboxylic acid groups (broad SMARTS) is 1. The van der Waals surface area contributed by atoms with Crippen LogP contribution < -0.4 is 0 Å². The normalized spacial score (nSPS) is 22.6. The van der Waals surface area contributed by atoms with Gasteiger partial charge in [0.2, 0.25) is 0 Å². The number of piperidine rings is 1. The Morgan fingerprint density at radius 2 is 2.17 bits per heavy atom. The van der Waals surface area contributed by atoms with Gasteiger partial charge in [-0.05, 0) is 30.9 Å². The van der Waals surface area contributed by atoms with Crippen LogP contribution in [-0.4, -0.2) is 29.1 Å². The van der Waals surface area contributed by atoms with Gasteiger partial charge >= 0.3 is 5.97 Å². The van der Waals surface area contributed by atoms with Gasteiger partial charge in [0.15, 0.2) is 0 Å². The molecular weight excluding hydrogens is 226 g/mol. The predicted molar refractivity (Wildman–Crippen MR) is 71.4 cm³/mol. The number of nitrogens with zero attached hydrogens (tertiary/aromatic N) is 1. The number of likely N-dealkylation sites (tertiary alicyclic amines) is 1. The van der Waals surface area contributed by atoms with Crippen molar-refractivity contribution < 1.29 is 9.90 Å². The predicted octanol–water partition coefficient (Wildman–Crippen LogP) is 2.93. The number of carbonyl (C=O) groups is 1. The Labute approximate surface area is 108 Å². The van der Waals surface area contributed by atoms with Crippen molar-refractivity contribution in [1.29, 1.82) is 0 Å². The van der Waals surface area contributed by atoms with Crippen molar-refractivity contribution in [2.75, 3.05) is 13.1 Å². The minimum absolute atomic E-state index is 0.486. The molecule has 1 N–H and O–H groups in total. The molecule has 1 heterocycles. The number of aliphatic carboxylic acids is 1. The molecule has 1 aromatic carbocycles. The van der Waals surface area contributed by atoms with E-state index in [-0.39, 0.29) is 0 Å². The fourth-order valence-corrected chi connectivity index (χ4v) is 2.81. The van der Waals surface area contributed by atoms with Crippen LogP contribution in [0.15, 0.2) is 30.3 Å². The quantitative estimate of drug-likeness (QED) is 0.889. The van der Waals surface area contributed by atoms with Gasteiger partial charge in [0.05, 0.1) is 0 Å². The standard InChI is InChI=1S/C15H21NO2/c1-2-12-7-6-10-16(11-12)14(15(17)18)13-8-4-3-5-9-13/h3-5,8-9,12,14H,2,6-7,10-11H2,1H3,(H,17,18). The highest BCUT2D eigenvalue weighted by Crippen LogP contribution is 2.28. The molecule has 1 aliphatic heterocycles. The van der Waals surface area contributed by atoms with Gasteiger partial charge in [-0.2, -0.15) is 0 Å². The van der Waals surface area contributed by atoms with E-state index in [9.17, 15) is 9.90 Å². The highest BCUT2D eigenvalue weighted by atomic mass is 16.4. The molecule has 3 heteroatoms. The molecule has 1 saturated heterocycles. The molecule has 0 saturated carbocycles. The van der Waals surface area contributed by atoms with Crippen LogP contribution in [0.3, 0.4) is 0 Å². The summed E-state index contributed by atoms with van der Waals surface area (Å²) in [6, 6.07) is 9.08. The summed E-state index contributed by atoms with van der Waals surface area (Å²) in [6.45, 7) is 3.98. The third-order valence-electron chi connectivity index (χ3n) is 3.84. The second-order valence-corrected chi connectivity index (χ2v) is 5.06. The van der Waals surface area contributed by atoms with E-state index in [1.54, 1.807) is 0 Å². The number of hydrogen-bond donors (Lipinski definition) is 1. The minimum Gasteiger partial charge on any atom is -0.480 e. The molecule has 18 heavy (non-hydrogen) atoms. The Kier molecular flexibility index (Phi) is 4.37. The molecule has 0 aromatic heterocycles. The lowest BCUT2D eigenvalue weighted by Crippen LogP contribution is -2.41. The summed E-state index contributed by atoms with van der Waals surface area (Å²) in [6.07, 6.45) is 3.47. The molecule has 0 spiro atoms. The lowest BCUT2D eigenvalue weighted by Gasteiger charge is -2.36. The van der Waals surface area contributed by atoms with E-state index < -0.39 is 12.0 Å². The average Bonchev–Trinajstić information content (AvgIpc) is 2.40. The van der Waals surface area contributed by atoms with Crippen molar-refractivity contribution in [2.24, 2.45) is 5.92 Å². The van der Waals surface area contributed by atoms with Crippen LogP contribution in [0.4, 0.5) is 0 Å². The molecule has 2 unspecified atom stereocenters. The summed E-state index contributed by atoms with van der Waals surface area (Å²) in [5.74, 6) is -0.0951. The molecule has 1 aliphatic rings. The number of hydrogen-bond acceptors (Lipinski definition) is 2. The zero-order valence-corrected chi connectivity index (χ0v) is 10.9. The summed E-state index contributed by atoms with van der Waals surface area (Å²) in [5, 5.41) is 9.50. The Morgan fingerprint density at radius 1 is 1.44 bits per heavy atom. The van der Waals surface area contributed by atoms with E-state index in [4.69, 9.17) is 0 Å². The van der Waals surface area contributed by atoms with Crippen molar-refractivity contribution in [3.05, 3.63) is 35.9 Å². The zero-order valence-electron chi connectivity index (χ0n) is 10.9. The van der Waals surface area contributed by atoms with Crippen LogP contribution in [0.2, 0.25) is 0 Å². The van der Waals surface area contributed by atoms with Crippen LogP contribution >= 0.6 is 0 Å². The molecule has 0 amide bonds. The first-order chi connectivity index (χ1) is 8.72. The van der Waals surface area contributed by atoms with Crippen LogP contribution in [0, 0.1) is 5.92 Å². The van der Waals surface area contributed by atoms with E-state index >= 15 is 0 Å². The van der Waals surface area contributed by atoms with Crippen molar-refractivity contribution in [3.63, 3.8) is 0 Å². The van der Waals surface area contributed by atoms with E-state index in [2.05, 4.69) is 11.8 Å². The van der Waals surface area contributed by atoms with Gasteiger partial charge in [0.25, 0.3) is 0 Å². The topological polar surface area (TPSA) is 40.5 Å². The number of benzene rings is 1. The summed E-state index contributed by atoms with van der Waals surface area (Å²) in [5.41, 5.74) is 0.891. The van der Waals surface area contributed by atoms with Crippen molar-refractivity contribution >= 4 is 5.97 Å². The lowest BCUT2D eigenvalue weighted by atomic mass is 9.93. The first-order valence-corrected chi connectivity index (χ1v) is 6.74. The molecule has 1 aromatic rings. The van der Waals surface area contributed by atoms with E-state index in [1.165, 1.54) is 6.42 Å². The lowest BCUT2D eigenvalue weighted by molar-refractivity contribution is -0.144. The molecule has 3 nitrogen and oxygen atoms in total. The van der Waals surface area contributed by atoms with E-state index in [0.717, 1.165) is 31.5 Å². The van der Waals surface area contributed by atoms with Crippen molar-refractivity contribution in [2.45, 2.75) is 32.2 Å². The van der Waals surface area contributed by atoms with Gasteiger partial charge in [0, 0.05) is 6.54 Å². The highest BCUT2D eigenvalue weighted by molar-refractivity contribution is 5.75. The Morgan fingerprint density at radius 3 is 2.78 bits per heavy atom. The first kappa shape index (κ1) is 13.1. The third kappa shape index (κ3) is 2.91. The third-order valence-corrected chi connectivity index (χ3v) is 3.84. The SMILES string of the molecule is CCC1CCCN(C(C(=O)O)c2ccccc2)C1. The van der Waals surface area contributed by atoms with E-state index in [0.29, 0.717) is 5.92 Å². The van der Waals surface area contributed by atoms with Crippen LogP contribution in [0.1, 0.15) is 37.8 Å². The smallest absolute Gasteiger partial charge is 0.325 e. The van der Waals surface area contributed by atoms with Gasteiger partial charge in [-0.3, -0.25) is 9.69 Å². The van der Waals surface area contributed by atoms with Crippen LogP contribution in [-0.2, 0) is 4.79 Å². The fourth-order valence-electron chi connectivity index (χ4n) is 2.81. The molecule has 2 atom stereocenters. The molecular formula is C15H21NO2. The summed E-state index contributed by atoms with van der Waals surface area (Å²) < 4.78 is 0. The average molecular weight is 247 g/mol. The van der Waals surface area contributed by atoms with Crippen LogP contribution in [0.25, 0.3) is 0 Å². The number of carboxylic acids is 1. The summed E-state index contributed by atoms with van der Waals surface area (Å²) in [4.78, 5) is 13.7. The van der Waals surface area contributed by atoms with Crippen LogP contribution in [0.5, 0.6) is 0 Å². The zero-order chi connectivity index (χ0) is 13.0. The molecule has 98 valence electrons. The maximum atomic E-state index is 11.6. The summed E-state index contributed by atoms with van der Waals surface area (Å²) in [7, 11) is 0. The Bertz CT molecular complexity index is 391. The molecule has 2 rings (SSSR count). The molecule has 1 fully saturated rings. The van der Waals surface area contributed by atoms with Gasteiger partial charge in [-0.1, -0.05) is 43.7 Å². The van der Waals surface area contributed by atoms with Gasteiger partial charge in [-0.15, -0.1) is 0 Å². The highest BCUT2D eigenvalue weighted by Gasteiger charge is 2.30. The van der Waals surface area contributed by atoms with E-state index in [1.807, 2.05) is 30.3 Å². The minimum atomic E-state index is -0.738. The van der Waals surface area contributed by atoms with Gasteiger partial charge in [0.1, 0.15) is 6.04 Å². The first-order valence-electron chi connectivity index (χ1n) is 6.74. The monoisotopic (exact) mass is 247 g/mol. The summed E-state index contributed by atoms with van der Waals surface area (Å²) >= 11 is 0. The largest absolute Gasteiger partial charge is 0.480 e. The fraction of sp³-hybridized carbons (Fsp3) is 0.533. The second kappa shape index (κ2) is 6.01. The Balaban J connectivity index is 2.18. The van der Waals surface area contributed by atoms with Gasteiger partial charge < -0.3 is 5.11 Å². The maximum absolute atomic E-state index is 11.6. The maximum Gasteiger partial charge on any atom is 0.325 e. The number of rotatable bonds is 4. The molecule has 0 aliphatic carbocycles. The second-order valence-electron chi connectivity index (χ2n) is 5.06. The van der Waals surface area contributed by atoms with Crippen molar-refractivity contribution in [3.8, 4) is 0 Å². The Hall–Kier alpha value is -1.35.